The van der Waals surface area contributed by atoms with Gasteiger partial charge < -0.3 is 10.6 Å². The zero-order valence-corrected chi connectivity index (χ0v) is 13.5. The first-order valence-electron chi connectivity index (χ1n) is 7.61. The molecule has 3 heteroatoms. The van der Waals surface area contributed by atoms with Crippen molar-refractivity contribution >= 4 is 11.6 Å². The highest BCUT2D eigenvalue weighted by Gasteiger charge is 2.16. The van der Waals surface area contributed by atoms with Gasteiger partial charge >= 0.3 is 0 Å². The summed E-state index contributed by atoms with van der Waals surface area (Å²) in [6, 6.07) is 16.1. The average Bonchev–Trinajstić information content (AvgIpc) is 2.51. The predicted molar refractivity (Wildman–Crippen MR) is 91.7 cm³/mol. The maximum Gasteiger partial charge on any atom is 0.226 e. The summed E-state index contributed by atoms with van der Waals surface area (Å²) in [5, 5.41) is 0. The zero-order valence-electron chi connectivity index (χ0n) is 13.5. The Kier molecular flexibility index (Phi) is 5.21. The molecule has 0 saturated heterocycles. The Balaban J connectivity index is 1.94. The van der Waals surface area contributed by atoms with E-state index in [0.29, 0.717) is 6.42 Å². The largest absolute Gasteiger partial charge is 0.399 e. The Morgan fingerprint density at radius 3 is 2.18 bits per heavy atom. The van der Waals surface area contributed by atoms with Gasteiger partial charge in [0.05, 0.1) is 6.42 Å². The summed E-state index contributed by atoms with van der Waals surface area (Å²) in [5.41, 5.74) is 9.89. The van der Waals surface area contributed by atoms with Gasteiger partial charge in [-0.1, -0.05) is 42.0 Å². The summed E-state index contributed by atoms with van der Waals surface area (Å²) in [6.07, 6.45) is 1.28. The number of rotatable bonds is 5. The van der Waals surface area contributed by atoms with Crippen LogP contribution in [0.3, 0.4) is 0 Å². The lowest BCUT2D eigenvalue weighted by Gasteiger charge is -2.25. The molecule has 2 N–H and O–H groups in total. The molecule has 0 radical (unpaired) electrons. The van der Waals surface area contributed by atoms with E-state index in [-0.39, 0.29) is 11.9 Å². The van der Waals surface area contributed by atoms with Gasteiger partial charge in [-0.15, -0.1) is 0 Å². The van der Waals surface area contributed by atoms with Gasteiger partial charge in [0.2, 0.25) is 5.91 Å². The van der Waals surface area contributed by atoms with E-state index in [2.05, 4.69) is 38.1 Å². The van der Waals surface area contributed by atoms with Gasteiger partial charge in [0.1, 0.15) is 0 Å². The molecule has 0 aromatic heterocycles. The van der Waals surface area contributed by atoms with Crippen molar-refractivity contribution in [3.8, 4) is 0 Å². The molecule has 0 aliphatic carbocycles. The summed E-state index contributed by atoms with van der Waals surface area (Å²) in [6.45, 7) is 4.16. The Morgan fingerprint density at radius 1 is 1.05 bits per heavy atom. The highest BCUT2D eigenvalue weighted by molar-refractivity contribution is 5.79. The Hall–Kier alpha value is -2.29. The van der Waals surface area contributed by atoms with Gasteiger partial charge in [-0.25, -0.2) is 0 Å². The molecule has 0 unspecified atom stereocenters. The Morgan fingerprint density at radius 2 is 1.59 bits per heavy atom. The number of hydrogen-bond donors (Lipinski definition) is 1. The van der Waals surface area contributed by atoms with Crippen LogP contribution >= 0.6 is 0 Å². The molecule has 2 aromatic rings. The van der Waals surface area contributed by atoms with Gasteiger partial charge in [-0.3, -0.25) is 4.79 Å². The minimum Gasteiger partial charge on any atom is -0.399 e. The summed E-state index contributed by atoms with van der Waals surface area (Å²) >= 11 is 0. The molecule has 1 atom stereocenters. The van der Waals surface area contributed by atoms with Crippen LogP contribution in [-0.2, 0) is 17.6 Å². The maximum atomic E-state index is 12.4. The molecule has 22 heavy (non-hydrogen) atoms. The summed E-state index contributed by atoms with van der Waals surface area (Å²) < 4.78 is 0. The number of nitrogens with two attached hydrogens (primary N) is 1. The lowest BCUT2D eigenvalue weighted by molar-refractivity contribution is -0.130. The fourth-order valence-corrected chi connectivity index (χ4v) is 2.38. The number of nitrogens with zero attached hydrogens (tertiary/aromatic N) is 1. The lowest BCUT2D eigenvalue weighted by atomic mass is 10.0. The number of nitrogen functional groups attached to an aromatic ring is 1. The number of anilines is 1. The van der Waals surface area contributed by atoms with Crippen LogP contribution in [0, 0.1) is 6.92 Å². The molecule has 0 fully saturated rings. The molecule has 0 saturated carbocycles. The van der Waals surface area contributed by atoms with E-state index >= 15 is 0 Å². The van der Waals surface area contributed by atoms with Crippen LogP contribution in [0.25, 0.3) is 0 Å². The maximum absolute atomic E-state index is 12.4. The fourth-order valence-electron chi connectivity index (χ4n) is 2.38. The van der Waals surface area contributed by atoms with Gasteiger partial charge in [-0.2, -0.15) is 0 Å². The SMILES string of the molecule is Cc1ccc(C[C@@H](C)N(C)C(=O)Cc2ccc(N)cc2)cc1. The van der Waals surface area contributed by atoms with Crippen molar-refractivity contribution in [2.45, 2.75) is 32.7 Å². The number of likely N-dealkylation sites (N-methyl/N-ethyl adjacent to an activating group) is 1. The van der Waals surface area contributed by atoms with E-state index in [1.807, 2.05) is 36.2 Å². The molecule has 1 amide bonds. The average molecular weight is 296 g/mol. The molecule has 0 aliphatic rings. The second kappa shape index (κ2) is 7.12. The highest BCUT2D eigenvalue weighted by Crippen LogP contribution is 2.12. The first-order chi connectivity index (χ1) is 10.5. The third kappa shape index (κ3) is 4.35. The van der Waals surface area contributed by atoms with E-state index in [0.717, 1.165) is 17.7 Å². The van der Waals surface area contributed by atoms with Crippen molar-refractivity contribution in [1.82, 2.24) is 4.90 Å². The van der Waals surface area contributed by atoms with Gasteiger partial charge in [0.25, 0.3) is 0 Å². The van der Waals surface area contributed by atoms with Crippen molar-refractivity contribution in [1.29, 1.82) is 0 Å². The highest BCUT2D eigenvalue weighted by atomic mass is 16.2. The van der Waals surface area contributed by atoms with Gasteiger partial charge in [0.15, 0.2) is 0 Å². The number of aryl methyl sites for hydroxylation is 1. The Labute approximate surface area is 132 Å². The lowest BCUT2D eigenvalue weighted by Crippen LogP contribution is -2.37. The molecule has 0 bridgehead atoms. The smallest absolute Gasteiger partial charge is 0.226 e. The van der Waals surface area contributed by atoms with Crippen molar-refractivity contribution in [2.24, 2.45) is 0 Å². The summed E-state index contributed by atoms with van der Waals surface area (Å²) in [5.74, 6) is 0.129. The van der Waals surface area contributed by atoms with Crippen LogP contribution in [0.4, 0.5) is 5.69 Å². The fraction of sp³-hybridized carbons (Fsp3) is 0.316. The van der Waals surface area contributed by atoms with Crippen LogP contribution in [0.5, 0.6) is 0 Å². The van der Waals surface area contributed by atoms with Crippen molar-refractivity contribution in [2.75, 3.05) is 12.8 Å². The van der Waals surface area contributed by atoms with Gasteiger partial charge in [-0.05, 0) is 43.5 Å². The minimum absolute atomic E-state index is 0.129. The number of carbonyl (C=O) groups is 1. The normalized spacial score (nSPS) is 12.0. The molecular formula is C19H24N2O. The van der Waals surface area contributed by atoms with Crippen molar-refractivity contribution in [3.63, 3.8) is 0 Å². The standard InChI is InChI=1S/C19H24N2O/c1-14-4-6-16(7-5-14)12-15(2)21(3)19(22)13-17-8-10-18(20)11-9-17/h4-11,15H,12-13,20H2,1-3H3/t15-/m1/s1. The molecular weight excluding hydrogens is 272 g/mol. The second-order valence-electron chi connectivity index (χ2n) is 5.96. The Bertz CT molecular complexity index is 617. The van der Waals surface area contributed by atoms with E-state index in [1.165, 1.54) is 11.1 Å². The van der Waals surface area contributed by atoms with Crippen LogP contribution in [0.15, 0.2) is 48.5 Å². The number of amides is 1. The third-order valence-electron chi connectivity index (χ3n) is 4.04. The molecule has 116 valence electrons. The van der Waals surface area contributed by atoms with E-state index in [4.69, 9.17) is 5.73 Å². The number of hydrogen-bond acceptors (Lipinski definition) is 2. The number of benzene rings is 2. The molecule has 2 rings (SSSR count). The van der Waals surface area contributed by atoms with Gasteiger partial charge in [0, 0.05) is 18.8 Å². The molecule has 0 spiro atoms. The number of carbonyl (C=O) groups excluding carboxylic acids is 1. The van der Waals surface area contributed by atoms with E-state index in [9.17, 15) is 4.79 Å². The second-order valence-corrected chi connectivity index (χ2v) is 5.96. The van der Waals surface area contributed by atoms with Crippen LogP contribution < -0.4 is 5.73 Å². The van der Waals surface area contributed by atoms with Crippen molar-refractivity contribution < 1.29 is 4.79 Å². The van der Waals surface area contributed by atoms with E-state index in [1.54, 1.807) is 0 Å². The molecule has 2 aromatic carbocycles. The summed E-state index contributed by atoms with van der Waals surface area (Å²) in [4.78, 5) is 14.2. The first-order valence-corrected chi connectivity index (χ1v) is 7.61. The monoisotopic (exact) mass is 296 g/mol. The summed E-state index contributed by atoms with van der Waals surface area (Å²) in [7, 11) is 1.87. The quantitative estimate of drug-likeness (QED) is 0.861. The topological polar surface area (TPSA) is 46.3 Å². The van der Waals surface area contributed by atoms with Crippen LogP contribution in [0.2, 0.25) is 0 Å². The molecule has 0 heterocycles. The first kappa shape index (κ1) is 16.1. The minimum atomic E-state index is 0.129. The molecule has 3 nitrogen and oxygen atoms in total. The third-order valence-corrected chi connectivity index (χ3v) is 4.04. The van der Waals surface area contributed by atoms with Crippen LogP contribution in [-0.4, -0.2) is 23.9 Å². The zero-order chi connectivity index (χ0) is 16.1. The molecule has 0 aliphatic heterocycles. The van der Waals surface area contributed by atoms with Crippen molar-refractivity contribution in [3.05, 3.63) is 65.2 Å². The van der Waals surface area contributed by atoms with Crippen LogP contribution in [0.1, 0.15) is 23.6 Å². The predicted octanol–water partition coefficient (Wildman–Crippen LogP) is 3.21. The van der Waals surface area contributed by atoms with E-state index < -0.39 is 0 Å².